The largest absolute Gasteiger partial charge is 0.462 e. The fourth-order valence-electron chi connectivity index (χ4n) is 8.44. The molecule has 6 nitrogen and oxygen atoms in total. The molecule has 0 amide bonds. The van der Waals surface area contributed by atoms with Gasteiger partial charge in [0.1, 0.15) is 13.2 Å². The van der Waals surface area contributed by atoms with Crippen LogP contribution in [0.3, 0.4) is 0 Å². The van der Waals surface area contributed by atoms with Crippen molar-refractivity contribution in [1.29, 1.82) is 0 Å². The maximum absolute atomic E-state index is 12.9. The van der Waals surface area contributed by atoms with E-state index in [-0.39, 0.29) is 37.5 Å². The lowest BCUT2D eigenvalue weighted by Crippen LogP contribution is -2.30. The zero-order valence-electron chi connectivity index (χ0n) is 47.9. The lowest BCUT2D eigenvalue weighted by Gasteiger charge is -2.18. The SMILES string of the molecule is CC/C=C\C/C=C\C/C=C\C/C=C\C/C=C\CCCC(=O)OC(COC(=O)CCCCCCCCC/C=C\CCCCCCCC)COC(=O)CCCCCCCCCCC/C=C\C/C=C\CCCCCCC. The zero-order chi connectivity index (χ0) is 52.9. The van der Waals surface area contributed by atoms with Crippen LogP contribution >= 0.6 is 0 Å². The monoisotopic (exact) mass is 1010 g/mol. The Kier molecular flexibility index (Phi) is 57.8. The van der Waals surface area contributed by atoms with Crippen molar-refractivity contribution in [3.63, 3.8) is 0 Å². The van der Waals surface area contributed by atoms with E-state index in [1.54, 1.807) is 0 Å². The second-order valence-electron chi connectivity index (χ2n) is 20.2. The molecule has 73 heavy (non-hydrogen) atoms. The van der Waals surface area contributed by atoms with E-state index < -0.39 is 6.10 Å². The van der Waals surface area contributed by atoms with E-state index in [1.807, 2.05) is 0 Å². The van der Waals surface area contributed by atoms with Crippen molar-refractivity contribution in [2.75, 3.05) is 13.2 Å². The standard InChI is InChI=1S/C67H114O6/c1-4-7-10-13-16-19-22-25-28-31-32-33-34-37-39-42-45-48-51-54-57-60-66(69)72-63-64(73-67(70)61-58-55-52-49-46-43-40-36-30-27-24-21-18-15-12-9-6-3)62-71-65(68)59-56-53-50-47-44-41-38-35-29-26-23-20-17-14-11-8-5-2/h9,12,18,21-22,25-27,29-32,40,43,49,52,64H,4-8,10-11,13-17,19-20,23-24,28,33-39,41-42,44-48,50-51,53-63H2,1-3H3/b12-9-,21-18-,25-22-,29-26-,30-27-,32-31-,43-40-,52-49-. The molecule has 0 aliphatic carbocycles. The Labute approximate surface area is 451 Å². The van der Waals surface area contributed by atoms with Crippen LogP contribution in [-0.2, 0) is 28.6 Å². The van der Waals surface area contributed by atoms with E-state index in [4.69, 9.17) is 14.2 Å². The minimum atomic E-state index is -0.813. The van der Waals surface area contributed by atoms with Crippen molar-refractivity contribution in [3.8, 4) is 0 Å². The number of ether oxygens (including phenoxy) is 3. The number of allylic oxidation sites excluding steroid dienone is 16. The van der Waals surface area contributed by atoms with Gasteiger partial charge in [-0.3, -0.25) is 14.4 Å². The molecule has 0 aromatic rings. The van der Waals surface area contributed by atoms with Crippen molar-refractivity contribution >= 4 is 17.9 Å². The van der Waals surface area contributed by atoms with Gasteiger partial charge in [-0.05, 0) is 116 Å². The van der Waals surface area contributed by atoms with Crippen LogP contribution in [0.1, 0.15) is 290 Å². The van der Waals surface area contributed by atoms with Gasteiger partial charge in [0, 0.05) is 19.3 Å². The van der Waals surface area contributed by atoms with E-state index in [9.17, 15) is 14.4 Å². The maximum Gasteiger partial charge on any atom is 0.306 e. The zero-order valence-corrected chi connectivity index (χ0v) is 47.9. The molecule has 1 unspecified atom stereocenters. The molecule has 0 aliphatic heterocycles. The van der Waals surface area contributed by atoms with Gasteiger partial charge in [-0.25, -0.2) is 0 Å². The summed E-state index contributed by atoms with van der Waals surface area (Å²) in [6, 6.07) is 0. The molecular weight excluding hydrogens is 901 g/mol. The third-order valence-electron chi connectivity index (χ3n) is 13.0. The summed E-state index contributed by atoms with van der Waals surface area (Å²) in [6.45, 7) is 6.48. The van der Waals surface area contributed by atoms with Gasteiger partial charge in [0.05, 0.1) is 0 Å². The van der Waals surface area contributed by atoms with Crippen LogP contribution in [0, 0.1) is 0 Å². The topological polar surface area (TPSA) is 78.9 Å². The minimum Gasteiger partial charge on any atom is -0.462 e. The average Bonchev–Trinajstić information content (AvgIpc) is 3.39. The summed E-state index contributed by atoms with van der Waals surface area (Å²) in [6.07, 6.45) is 81.2. The van der Waals surface area contributed by atoms with Crippen LogP contribution in [0.2, 0.25) is 0 Å². The molecule has 1 atom stereocenters. The lowest BCUT2D eigenvalue weighted by molar-refractivity contribution is -0.167. The molecule has 0 N–H and O–H groups in total. The first-order valence-electron chi connectivity index (χ1n) is 30.7. The fourth-order valence-corrected chi connectivity index (χ4v) is 8.44. The second-order valence-corrected chi connectivity index (χ2v) is 20.2. The molecule has 0 saturated carbocycles. The fraction of sp³-hybridized carbons (Fsp3) is 0.716. The van der Waals surface area contributed by atoms with E-state index >= 15 is 0 Å². The van der Waals surface area contributed by atoms with Gasteiger partial charge in [-0.1, -0.05) is 253 Å². The van der Waals surface area contributed by atoms with E-state index in [1.165, 1.54) is 161 Å². The van der Waals surface area contributed by atoms with Gasteiger partial charge in [-0.2, -0.15) is 0 Å². The molecular formula is C67H114O6. The molecule has 0 rings (SSSR count). The summed E-state index contributed by atoms with van der Waals surface area (Å²) in [5.74, 6) is -0.964. The second kappa shape index (κ2) is 60.9. The number of carbonyl (C=O) groups is 3. The van der Waals surface area contributed by atoms with Crippen LogP contribution in [0.5, 0.6) is 0 Å². The van der Waals surface area contributed by atoms with E-state index in [2.05, 4.69) is 118 Å². The van der Waals surface area contributed by atoms with Crippen LogP contribution in [0.25, 0.3) is 0 Å². The number of esters is 3. The summed E-state index contributed by atoms with van der Waals surface area (Å²) in [5.41, 5.74) is 0. The first kappa shape index (κ1) is 69.3. The third kappa shape index (κ3) is 59.1. The predicted molar refractivity (Wildman–Crippen MR) is 316 cm³/mol. The summed E-state index contributed by atoms with van der Waals surface area (Å²) >= 11 is 0. The summed E-state index contributed by atoms with van der Waals surface area (Å²) < 4.78 is 16.9. The smallest absolute Gasteiger partial charge is 0.306 e. The Morgan fingerprint density at radius 2 is 0.548 bits per heavy atom. The maximum atomic E-state index is 12.9. The Bertz CT molecular complexity index is 1440. The molecule has 0 saturated heterocycles. The number of carbonyl (C=O) groups excluding carboxylic acids is 3. The molecule has 0 heterocycles. The molecule has 418 valence electrons. The number of rotatable bonds is 55. The first-order valence-corrected chi connectivity index (χ1v) is 30.7. The number of hydrogen-bond acceptors (Lipinski definition) is 6. The molecule has 0 spiro atoms. The highest BCUT2D eigenvalue weighted by molar-refractivity contribution is 5.71. The lowest BCUT2D eigenvalue weighted by atomic mass is 10.1. The van der Waals surface area contributed by atoms with Crippen LogP contribution in [0.15, 0.2) is 97.2 Å². The van der Waals surface area contributed by atoms with Gasteiger partial charge in [-0.15, -0.1) is 0 Å². The molecule has 0 aromatic heterocycles. The Hall–Kier alpha value is -3.67. The normalized spacial score (nSPS) is 12.8. The Morgan fingerprint density at radius 3 is 0.890 bits per heavy atom. The Morgan fingerprint density at radius 1 is 0.288 bits per heavy atom. The van der Waals surface area contributed by atoms with Crippen molar-refractivity contribution in [3.05, 3.63) is 97.2 Å². The first-order chi connectivity index (χ1) is 36.0. The van der Waals surface area contributed by atoms with Crippen LogP contribution in [-0.4, -0.2) is 37.2 Å². The van der Waals surface area contributed by atoms with Crippen LogP contribution < -0.4 is 0 Å². The van der Waals surface area contributed by atoms with Gasteiger partial charge in [0.2, 0.25) is 0 Å². The van der Waals surface area contributed by atoms with Gasteiger partial charge in [0.15, 0.2) is 6.10 Å². The average molecular weight is 1020 g/mol. The van der Waals surface area contributed by atoms with Crippen molar-refractivity contribution in [2.24, 2.45) is 0 Å². The summed E-state index contributed by atoms with van der Waals surface area (Å²) in [5, 5.41) is 0. The van der Waals surface area contributed by atoms with Crippen molar-refractivity contribution in [2.45, 2.75) is 297 Å². The van der Waals surface area contributed by atoms with Gasteiger partial charge in [0.25, 0.3) is 0 Å². The molecule has 0 aromatic carbocycles. The highest BCUT2D eigenvalue weighted by Gasteiger charge is 2.19. The molecule has 0 fully saturated rings. The van der Waals surface area contributed by atoms with E-state index in [0.29, 0.717) is 19.3 Å². The van der Waals surface area contributed by atoms with Gasteiger partial charge >= 0.3 is 17.9 Å². The minimum absolute atomic E-state index is 0.103. The highest BCUT2D eigenvalue weighted by Crippen LogP contribution is 2.15. The number of unbranched alkanes of at least 4 members (excludes halogenated alkanes) is 28. The Balaban J connectivity index is 4.46. The van der Waals surface area contributed by atoms with Crippen molar-refractivity contribution < 1.29 is 28.6 Å². The number of hydrogen-bond donors (Lipinski definition) is 0. The summed E-state index contributed by atoms with van der Waals surface area (Å²) in [4.78, 5) is 38.2. The van der Waals surface area contributed by atoms with Crippen LogP contribution in [0.4, 0.5) is 0 Å². The van der Waals surface area contributed by atoms with Crippen molar-refractivity contribution in [1.82, 2.24) is 0 Å². The molecule has 0 radical (unpaired) electrons. The van der Waals surface area contributed by atoms with E-state index in [0.717, 1.165) is 83.5 Å². The highest BCUT2D eigenvalue weighted by atomic mass is 16.6. The molecule has 0 bridgehead atoms. The molecule has 0 aliphatic rings. The third-order valence-corrected chi connectivity index (χ3v) is 13.0. The van der Waals surface area contributed by atoms with Gasteiger partial charge < -0.3 is 14.2 Å². The predicted octanol–water partition coefficient (Wildman–Crippen LogP) is 20.9. The molecule has 6 heteroatoms. The summed E-state index contributed by atoms with van der Waals surface area (Å²) in [7, 11) is 0. The quantitative estimate of drug-likeness (QED) is 0.0261.